The van der Waals surface area contributed by atoms with E-state index in [4.69, 9.17) is 5.11 Å². The van der Waals surface area contributed by atoms with Gasteiger partial charge in [0.05, 0.1) is 4.92 Å². The number of non-ortho nitro benzene ring substituents is 1. The number of aryl methyl sites for hydroxylation is 1. The summed E-state index contributed by atoms with van der Waals surface area (Å²) in [4.78, 5) is 23.0. The van der Waals surface area contributed by atoms with Crippen LogP contribution in [-0.2, 0) is 4.79 Å². The van der Waals surface area contributed by atoms with Crippen molar-refractivity contribution in [3.05, 3.63) is 33.9 Å². The van der Waals surface area contributed by atoms with Gasteiger partial charge in [0, 0.05) is 23.9 Å². The molecule has 0 heterocycles. The molecule has 0 bridgehead atoms. The number of anilines is 1. The van der Waals surface area contributed by atoms with Crippen LogP contribution in [0.25, 0.3) is 0 Å². The molecule has 0 aliphatic heterocycles. The van der Waals surface area contributed by atoms with E-state index in [0.29, 0.717) is 5.69 Å². The predicted molar refractivity (Wildman–Crippen MR) is 72.6 cm³/mol. The molecule has 0 aliphatic carbocycles. The minimum absolute atomic E-state index is 0.00296. The molecule has 1 unspecified atom stereocenters. The predicted octanol–water partition coefficient (Wildman–Crippen LogP) is 2.59. The summed E-state index contributed by atoms with van der Waals surface area (Å²) in [5.41, 5.74) is 1.40. The van der Waals surface area contributed by atoms with Crippen molar-refractivity contribution >= 4 is 17.3 Å². The van der Waals surface area contributed by atoms with Gasteiger partial charge in [0.1, 0.15) is 6.54 Å². The first-order valence-corrected chi connectivity index (χ1v) is 6.10. The molecule has 6 nitrogen and oxygen atoms in total. The van der Waals surface area contributed by atoms with E-state index in [1.807, 2.05) is 20.8 Å². The number of nitro benzene ring substituents is 1. The lowest BCUT2D eigenvalue weighted by Gasteiger charge is -2.30. The molecule has 1 rings (SSSR count). The summed E-state index contributed by atoms with van der Waals surface area (Å²) < 4.78 is 0. The van der Waals surface area contributed by atoms with Gasteiger partial charge in [0.15, 0.2) is 0 Å². The van der Waals surface area contributed by atoms with Crippen LogP contribution >= 0.6 is 0 Å². The zero-order valence-corrected chi connectivity index (χ0v) is 11.3. The molecule has 1 N–H and O–H groups in total. The molecule has 1 aromatic rings. The van der Waals surface area contributed by atoms with Gasteiger partial charge in [-0.15, -0.1) is 0 Å². The van der Waals surface area contributed by atoms with Gasteiger partial charge in [-0.1, -0.05) is 13.0 Å². The van der Waals surface area contributed by atoms with Crippen LogP contribution in [-0.4, -0.2) is 28.6 Å². The average molecular weight is 266 g/mol. The van der Waals surface area contributed by atoms with Crippen molar-refractivity contribution in [2.75, 3.05) is 11.4 Å². The van der Waals surface area contributed by atoms with E-state index in [1.165, 1.54) is 12.1 Å². The Morgan fingerprint density at radius 3 is 2.63 bits per heavy atom. The summed E-state index contributed by atoms with van der Waals surface area (Å²) in [6, 6.07) is 4.50. The third-order valence-electron chi connectivity index (χ3n) is 3.14. The lowest BCUT2D eigenvalue weighted by molar-refractivity contribution is -0.384. The normalized spacial score (nSPS) is 11.9. The second kappa shape index (κ2) is 6.17. The maximum Gasteiger partial charge on any atom is 0.323 e. The lowest BCUT2D eigenvalue weighted by Crippen LogP contribution is -2.37. The molecule has 6 heteroatoms. The summed E-state index contributed by atoms with van der Waals surface area (Å²) >= 11 is 0. The van der Waals surface area contributed by atoms with Crippen molar-refractivity contribution in [2.45, 2.75) is 33.2 Å². The van der Waals surface area contributed by atoms with Crippen LogP contribution in [0.3, 0.4) is 0 Å². The van der Waals surface area contributed by atoms with Crippen LogP contribution in [0.1, 0.15) is 25.8 Å². The Hall–Kier alpha value is -2.11. The smallest absolute Gasteiger partial charge is 0.323 e. The molecule has 0 fully saturated rings. The molecule has 0 saturated heterocycles. The fourth-order valence-corrected chi connectivity index (χ4v) is 1.87. The first kappa shape index (κ1) is 14.9. The van der Waals surface area contributed by atoms with Crippen LogP contribution in [0.2, 0.25) is 0 Å². The number of benzene rings is 1. The molecule has 0 spiro atoms. The van der Waals surface area contributed by atoms with E-state index in [2.05, 4.69) is 0 Å². The number of rotatable bonds is 6. The van der Waals surface area contributed by atoms with Crippen LogP contribution in [0.15, 0.2) is 18.2 Å². The fraction of sp³-hybridized carbons (Fsp3) is 0.462. The number of carboxylic acid groups (broad SMARTS) is 1. The third-order valence-corrected chi connectivity index (χ3v) is 3.14. The zero-order valence-electron chi connectivity index (χ0n) is 11.3. The summed E-state index contributed by atoms with van der Waals surface area (Å²) in [6.45, 7) is 5.50. The van der Waals surface area contributed by atoms with Crippen LogP contribution < -0.4 is 4.90 Å². The topological polar surface area (TPSA) is 83.7 Å². The van der Waals surface area contributed by atoms with Gasteiger partial charge in [-0.05, 0) is 25.8 Å². The Labute approximate surface area is 111 Å². The number of aliphatic carboxylic acids is 1. The van der Waals surface area contributed by atoms with Gasteiger partial charge in [-0.2, -0.15) is 0 Å². The Bertz CT molecular complexity index is 488. The van der Waals surface area contributed by atoms with E-state index in [9.17, 15) is 14.9 Å². The lowest BCUT2D eigenvalue weighted by atomic mass is 10.1. The van der Waals surface area contributed by atoms with E-state index in [-0.39, 0.29) is 18.3 Å². The molecule has 104 valence electrons. The molecule has 1 atom stereocenters. The van der Waals surface area contributed by atoms with Gasteiger partial charge in [0.25, 0.3) is 5.69 Å². The number of hydrogen-bond acceptors (Lipinski definition) is 4. The van der Waals surface area contributed by atoms with Crippen molar-refractivity contribution in [3.8, 4) is 0 Å². The van der Waals surface area contributed by atoms with Crippen molar-refractivity contribution in [3.63, 3.8) is 0 Å². The van der Waals surface area contributed by atoms with Crippen LogP contribution in [0.4, 0.5) is 11.4 Å². The molecule has 0 saturated carbocycles. The van der Waals surface area contributed by atoms with E-state index in [1.54, 1.807) is 11.0 Å². The highest BCUT2D eigenvalue weighted by molar-refractivity contribution is 5.75. The maximum atomic E-state index is 11.0. The molecule has 0 aliphatic rings. The van der Waals surface area contributed by atoms with Gasteiger partial charge in [-0.25, -0.2) is 0 Å². The summed E-state index contributed by atoms with van der Waals surface area (Å²) in [7, 11) is 0. The SMILES string of the molecule is CCC(C)N(CC(=O)O)c1cc([N+](=O)[O-])ccc1C. The minimum Gasteiger partial charge on any atom is -0.480 e. The highest BCUT2D eigenvalue weighted by atomic mass is 16.6. The van der Waals surface area contributed by atoms with Gasteiger partial charge >= 0.3 is 5.97 Å². The van der Waals surface area contributed by atoms with Gasteiger partial charge < -0.3 is 10.0 Å². The molecule has 19 heavy (non-hydrogen) atoms. The molecule has 0 amide bonds. The van der Waals surface area contributed by atoms with Gasteiger partial charge in [-0.3, -0.25) is 14.9 Å². The van der Waals surface area contributed by atoms with Crippen molar-refractivity contribution < 1.29 is 14.8 Å². The number of carbonyl (C=O) groups is 1. The highest BCUT2D eigenvalue weighted by Crippen LogP contribution is 2.27. The Morgan fingerprint density at radius 2 is 2.16 bits per heavy atom. The largest absolute Gasteiger partial charge is 0.480 e. The molecular formula is C13H18N2O4. The number of carboxylic acids is 1. The molecule has 1 aromatic carbocycles. The van der Waals surface area contributed by atoms with Crippen LogP contribution in [0.5, 0.6) is 0 Å². The standard InChI is InChI=1S/C13H18N2O4/c1-4-10(3)14(8-13(16)17)12-7-11(15(18)19)6-5-9(12)2/h5-7,10H,4,8H2,1-3H3,(H,16,17). The van der Waals surface area contributed by atoms with E-state index >= 15 is 0 Å². The first-order chi connectivity index (χ1) is 8.86. The molecule has 0 radical (unpaired) electrons. The molecule has 0 aromatic heterocycles. The number of hydrogen-bond donors (Lipinski definition) is 1. The van der Waals surface area contributed by atoms with Gasteiger partial charge in [0.2, 0.25) is 0 Å². The summed E-state index contributed by atoms with van der Waals surface area (Å²) in [6.07, 6.45) is 0.759. The maximum absolute atomic E-state index is 11.0. The summed E-state index contributed by atoms with van der Waals surface area (Å²) in [5.74, 6) is -0.953. The average Bonchev–Trinajstić information content (AvgIpc) is 2.35. The quantitative estimate of drug-likeness (QED) is 0.632. The van der Waals surface area contributed by atoms with Crippen molar-refractivity contribution in [1.82, 2.24) is 0 Å². The number of nitrogens with zero attached hydrogens (tertiary/aromatic N) is 2. The monoisotopic (exact) mass is 266 g/mol. The fourth-order valence-electron chi connectivity index (χ4n) is 1.87. The Kier molecular flexibility index (Phi) is 4.86. The van der Waals surface area contributed by atoms with E-state index in [0.717, 1.165) is 12.0 Å². The zero-order chi connectivity index (χ0) is 14.6. The third kappa shape index (κ3) is 3.67. The van der Waals surface area contributed by atoms with Crippen LogP contribution in [0, 0.1) is 17.0 Å². The number of nitro groups is 1. The Morgan fingerprint density at radius 1 is 1.53 bits per heavy atom. The van der Waals surface area contributed by atoms with Crippen molar-refractivity contribution in [2.24, 2.45) is 0 Å². The van der Waals surface area contributed by atoms with Crippen molar-refractivity contribution in [1.29, 1.82) is 0 Å². The minimum atomic E-state index is -0.953. The molecular weight excluding hydrogens is 248 g/mol. The van der Waals surface area contributed by atoms with E-state index < -0.39 is 10.9 Å². The Balaban J connectivity index is 3.23. The second-order valence-electron chi connectivity index (χ2n) is 4.51. The first-order valence-electron chi connectivity index (χ1n) is 6.10. The highest BCUT2D eigenvalue weighted by Gasteiger charge is 2.20. The summed E-state index contributed by atoms with van der Waals surface area (Å²) in [5, 5.41) is 19.8. The second-order valence-corrected chi connectivity index (χ2v) is 4.51.